The number of nitrogens with one attached hydrogen (secondary N) is 2. The van der Waals surface area contributed by atoms with Gasteiger partial charge >= 0.3 is 0 Å². The molecule has 0 aliphatic rings. The molecule has 0 unspecified atom stereocenters. The first-order valence-corrected chi connectivity index (χ1v) is 5.84. The summed E-state index contributed by atoms with van der Waals surface area (Å²) in [6, 6.07) is 3.92. The molecule has 5 nitrogen and oxygen atoms in total. The molecule has 0 radical (unpaired) electrons. The first-order chi connectivity index (χ1) is 8.16. The van der Waals surface area contributed by atoms with E-state index in [0.29, 0.717) is 16.8 Å². The number of aromatic nitrogens is 3. The lowest BCUT2D eigenvalue weighted by atomic mass is 10.2. The molecule has 88 valence electrons. The van der Waals surface area contributed by atoms with Gasteiger partial charge in [0.05, 0.1) is 6.33 Å². The second-order valence-corrected chi connectivity index (χ2v) is 4.35. The predicted octanol–water partition coefficient (Wildman–Crippen LogP) is 1.85. The van der Waals surface area contributed by atoms with Gasteiger partial charge in [-0.05, 0) is 34.5 Å². The second-order valence-electron chi connectivity index (χ2n) is 3.56. The molecule has 2 aromatic heterocycles. The maximum absolute atomic E-state index is 11.3. The zero-order valence-corrected chi connectivity index (χ0v) is 10.8. The molecule has 2 rings (SSSR count). The summed E-state index contributed by atoms with van der Waals surface area (Å²) in [5, 5.41) is 3.07. The fourth-order valence-electron chi connectivity index (χ4n) is 1.30. The summed E-state index contributed by atoms with van der Waals surface area (Å²) >= 11 is 3.18. The number of nitrogens with zero attached hydrogens (tertiary/aromatic N) is 2. The molecule has 6 heteroatoms. The fourth-order valence-corrected chi connectivity index (χ4v) is 1.65. The first kappa shape index (κ1) is 11.8. The van der Waals surface area contributed by atoms with Gasteiger partial charge in [0.15, 0.2) is 0 Å². The molecule has 2 heterocycles. The number of pyridine rings is 1. The van der Waals surface area contributed by atoms with Crippen LogP contribution < -0.4 is 10.9 Å². The monoisotopic (exact) mass is 294 g/mol. The lowest BCUT2D eigenvalue weighted by Crippen LogP contribution is -2.12. The molecule has 0 amide bonds. The van der Waals surface area contributed by atoms with Crippen LogP contribution in [-0.4, -0.2) is 15.0 Å². The van der Waals surface area contributed by atoms with Gasteiger partial charge in [0.2, 0.25) is 0 Å². The Labute approximate surface area is 106 Å². The Morgan fingerprint density at radius 3 is 2.94 bits per heavy atom. The summed E-state index contributed by atoms with van der Waals surface area (Å²) < 4.78 is 0.403. The van der Waals surface area contributed by atoms with Gasteiger partial charge in [-0.25, -0.2) is 4.98 Å². The maximum Gasteiger partial charge on any atom is 0.267 e. The van der Waals surface area contributed by atoms with E-state index in [-0.39, 0.29) is 5.56 Å². The molecule has 0 spiro atoms. The number of hydrogen-bond acceptors (Lipinski definition) is 4. The molecule has 0 aliphatic carbocycles. The van der Waals surface area contributed by atoms with E-state index in [2.05, 4.69) is 36.2 Å². The average molecular weight is 295 g/mol. The summed E-state index contributed by atoms with van der Waals surface area (Å²) in [5.74, 6) is 0.523. The zero-order valence-electron chi connectivity index (χ0n) is 9.20. The fraction of sp³-hybridized carbons (Fsp3) is 0.182. The van der Waals surface area contributed by atoms with Crippen LogP contribution in [0.1, 0.15) is 11.3 Å². The van der Waals surface area contributed by atoms with E-state index >= 15 is 0 Å². The van der Waals surface area contributed by atoms with Crippen molar-refractivity contribution in [1.29, 1.82) is 0 Å². The summed E-state index contributed by atoms with van der Waals surface area (Å²) in [7, 11) is 0. The summed E-state index contributed by atoms with van der Waals surface area (Å²) in [5.41, 5.74) is 1.80. The van der Waals surface area contributed by atoms with E-state index in [1.807, 2.05) is 19.1 Å². The third-order valence-corrected chi connectivity index (χ3v) is 2.96. The molecule has 2 N–H and O–H groups in total. The van der Waals surface area contributed by atoms with E-state index < -0.39 is 0 Å². The lowest BCUT2D eigenvalue weighted by molar-refractivity contribution is 1.03. The maximum atomic E-state index is 11.3. The van der Waals surface area contributed by atoms with Crippen LogP contribution in [0.15, 0.2) is 33.9 Å². The van der Waals surface area contributed by atoms with E-state index in [1.54, 1.807) is 6.20 Å². The SMILES string of the molecule is Cc1ccc(CNc2nc[nH]c(=O)c2Br)cn1. The van der Waals surface area contributed by atoms with Crippen molar-refractivity contribution < 1.29 is 0 Å². The predicted molar refractivity (Wildman–Crippen MR) is 68.9 cm³/mol. The molecule has 0 saturated heterocycles. The van der Waals surface area contributed by atoms with Crippen molar-refractivity contribution in [2.45, 2.75) is 13.5 Å². The number of hydrogen-bond donors (Lipinski definition) is 2. The van der Waals surface area contributed by atoms with Crippen LogP contribution in [0, 0.1) is 6.92 Å². The molecule has 0 aliphatic heterocycles. The van der Waals surface area contributed by atoms with Gasteiger partial charge in [-0.15, -0.1) is 0 Å². The van der Waals surface area contributed by atoms with Gasteiger partial charge in [0.1, 0.15) is 10.3 Å². The zero-order chi connectivity index (χ0) is 12.3. The molecule has 0 bridgehead atoms. The van der Waals surface area contributed by atoms with Crippen molar-refractivity contribution >= 4 is 21.7 Å². The standard InChI is InChI=1S/C11H11BrN4O/c1-7-2-3-8(4-13-7)5-14-10-9(12)11(17)16-6-15-10/h2-4,6H,5H2,1H3,(H2,14,15,16,17). The summed E-state index contributed by atoms with van der Waals surface area (Å²) in [6.07, 6.45) is 3.16. The number of anilines is 1. The minimum absolute atomic E-state index is 0.204. The van der Waals surface area contributed by atoms with E-state index in [4.69, 9.17) is 0 Å². The third-order valence-electron chi connectivity index (χ3n) is 2.23. The number of aromatic amines is 1. The van der Waals surface area contributed by atoms with Crippen molar-refractivity contribution in [1.82, 2.24) is 15.0 Å². The smallest absolute Gasteiger partial charge is 0.267 e. The van der Waals surface area contributed by atoms with E-state index in [9.17, 15) is 4.79 Å². The Balaban J connectivity index is 2.10. The molecule has 0 fully saturated rings. The highest BCUT2D eigenvalue weighted by Crippen LogP contribution is 2.14. The van der Waals surface area contributed by atoms with Gasteiger partial charge < -0.3 is 10.3 Å². The van der Waals surface area contributed by atoms with Gasteiger partial charge in [-0.1, -0.05) is 6.07 Å². The summed E-state index contributed by atoms with van der Waals surface area (Å²) in [6.45, 7) is 2.51. The second kappa shape index (κ2) is 5.09. The van der Waals surface area contributed by atoms with Gasteiger partial charge in [0.25, 0.3) is 5.56 Å². The van der Waals surface area contributed by atoms with Crippen molar-refractivity contribution in [3.8, 4) is 0 Å². The highest BCUT2D eigenvalue weighted by atomic mass is 79.9. The third kappa shape index (κ3) is 2.91. The molecular weight excluding hydrogens is 284 g/mol. The van der Waals surface area contributed by atoms with Gasteiger partial charge in [0, 0.05) is 18.4 Å². The topological polar surface area (TPSA) is 70.7 Å². The van der Waals surface area contributed by atoms with Crippen molar-refractivity contribution in [2.24, 2.45) is 0 Å². The minimum atomic E-state index is -0.204. The van der Waals surface area contributed by atoms with Crippen LogP contribution in [0.3, 0.4) is 0 Å². The number of aryl methyl sites for hydroxylation is 1. The first-order valence-electron chi connectivity index (χ1n) is 5.05. The molecular formula is C11H11BrN4O. The van der Waals surface area contributed by atoms with Crippen molar-refractivity contribution in [3.05, 3.63) is 50.7 Å². The van der Waals surface area contributed by atoms with Crippen molar-refractivity contribution in [2.75, 3.05) is 5.32 Å². The molecule has 0 aromatic carbocycles. The van der Waals surface area contributed by atoms with Crippen LogP contribution in [0.4, 0.5) is 5.82 Å². The molecule has 2 aromatic rings. The Kier molecular flexibility index (Phi) is 3.53. The number of rotatable bonds is 3. The van der Waals surface area contributed by atoms with E-state index in [0.717, 1.165) is 11.3 Å². The van der Waals surface area contributed by atoms with Crippen LogP contribution >= 0.6 is 15.9 Å². The summed E-state index contributed by atoms with van der Waals surface area (Å²) in [4.78, 5) is 22.0. The van der Waals surface area contributed by atoms with Crippen LogP contribution in [-0.2, 0) is 6.54 Å². The van der Waals surface area contributed by atoms with Crippen LogP contribution in [0.2, 0.25) is 0 Å². The minimum Gasteiger partial charge on any atom is -0.365 e. The Morgan fingerprint density at radius 2 is 2.24 bits per heavy atom. The highest BCUT2D eigenvalue weighted by Gasteiger charge is 2.04. The molecule has 17 heavy (non-hydrogen) atoms. The van der Waals surface area contributed by atoms with Crippen LogP contribution in [0.25, 0.3) is 0 Å². The molecule has 0 atom stereocenters. The Hall–Kier alpha value is -1.69. The largest absolute Gasteiger partial charge is 0.365 e. The van der Waals surface area contributed by atoms with Crippen molar-refractivity contribution in [3.63, 3.8) is 0 Å². The molecule has 0 saturated carbocycles. The van der Waals surface area contributed by atoms with Gasteiger partial charge in [-0.3, -0.25) is 9.78 Å². The lowest BCUT2D eigenvalue weighted by Gasteiger charge is -2.06. The number of H-pyrrole nitrogens is 1. The highest BCUT2D eigenvalue weighted by molar-refractivity contribution is 9.10. The Bertz CT molecular complexity index is 564. The normalized spacial score (nSPS) is 10.2. The van der Waals surface area contributed by atoms with E-state index in [1.165, 1.54) is 6.33 Å². The average Bonchev–Trinajstić information content (AvgIpc) is 2.33. The quantitative estimate of drug-likeness (QED) is 0.906. The number of halogens is 1. The van der Waals surface area contributed by atoms with Gasteiger partial charge in [-0.2, -0.15) is 0 Å². The Morgan fingerprint density at radius 1 is 1.41 bits per heavy atom. The van der Waals surface area contributed by atoms with Crippen LogP contribution in [0.5, 0.6) is 0 Å².